The van der Waals surface area contributed by atoms with E-state index < -0.39 is 0 Å². The van der Waals surface area contributed by atoms with E-state index in [0.717, 1.165) is 22.7 Å². The lowest BCUT2D eigenvalue weighted by Gasteiger charge is -2.15. The Kier molecular flexibility index (Phi) is 7.21. The molecule has 176 valence electrons. The molecule has 0 fully saturated rings. The largest absolute Gasteiger partial charge is 0.492 e. The van der Waals surface area contributed by atoms with Gasteiger partial charge in [-0.05, 0) is 56.6 Å². The van der Waals surface area contributed by atoms with Crippen molar-refractivity contribution >= 4 is 45.9 Å². The van der Waals surface area contributed by atoms with Gasteiger partial charge in [-0.2, -0.15) is 4.98 Å². The minimum absolute atomic E-state index is 0.246. The molecule has 0 amide bonds. The molecule has 2 aromatic heterocycles. The molecule has 0 aliphatic carbocycles. The van der Waals surface area contributed by atoms with E-state index in [2.05, 4.69) is 20.2 Å². The van der Waals surface area contributed by atoms with Crippen molar-refractivity contribution in [1.29, 1.82) is 0 Å². The number of pyridine rings is 1. The summed E-state index contributed by atoms with van der Waals surface area (Å²) in [5.41, 5.74) is 1.65. The van der Waals surface area contributed by atoms with Crippen molar-refractivity contribution in [1.82, 2.24) is 19.6 Å². The van der Waals surface area contributed by atoms with Crippen molar-refractivity contribution in [2.24, 2.45) is 0 Å². The molecule has 8 nitrogen and oxygen atoms in total. The lowest BCUT2D eigenvalue weighted by atomic mass is 10.1. The van der Waals surface area contributed by atoms with E-state index >= 15 is 0 Å². The molecule has 0 aliphatic heterocycles. The van der Waals surface area contributed by atoms with Gasteiger partial charge in [0.05, 0.1) is 15.7 Å². The van der Waals surface area contributed by atoms with Crippen LogP contribution in [0.3, 0.4) is 0 Å². The van der Waals surface area contributed by atoms with E-state index in [1.54, 1.807) is 24.3 Å². The van der Waals surface area contributed by atoms with E-state index in [-0.39, 0.29) is 17.2 Å². The maximum Gasteiger partial charge on any atom is 0.285 e. The fourth-order valence-electron chi connectivity index (χ4n) is 3.35. The molecule has 0 saturated heterocycles. The number of hydrogen-bond acceptors (Lipinski definition) is 7. The molecule has 0 spiro atoms. The summed E-state index contributed by atoms with van der Waals surface area (Å²) in [6.45, 7) is 1.41. The minimum atomic E-state index is -0.366. The third-order valence-corrected chi connectivity index (χ3v) is 5.64. The molecule has 0 atom stereocenters. The highest BCUT2D eigenvalue weighted by molar-refractivity contribution is 6.39. The zero-order valence-corrected chi connectivity index (χ0v) is 20.4. The molecule has 10 heteroatoms. The summed E-state index contributed by atoms with van der Waals surface area (Å²) < 4.78 is 6.84. The molecule has 0 saturated carbocycles. The van der Waals surface area contributed by atoms with E-state index in [9.17, 15) is 4.79 Å². The van der Waals surface area contributed by atoms with Gasteiger partial charge in [-0.1, -0.05) is 29.3 Å². The van der Waals surface area contributed by atoms with Crippen molar-refractivity contribution in [2.75, 3.05) is 39.7 Å². The van der Waals surface area contributed by atoms with Crippen LogP contribution in [-0.4, -0.2) is 54.0 Å². The Morgan fingerprint density at radius 3 is 2.35 bits per heavy atom. The summed E-state index contributed by atoms with van der Waals surface area (Å²) in [6.07, 6.45) is 0. The van der Waals surface area contributed by atoms with E-state index in [0.29, 0.717) is 33.3 Å². The second-order valence-electron chi connectivity index (χ2n) is 7.68. The highest BCUT2D eigenvalue weighted by atomic mass is 35.5. The summed E-state index contributed by atoms with van der Waals surface area (Å²) >= 11 is 13.0. The molecule has 0 radical (unpaired) electrons. The molecule has 0 bridgehead atoms. The third-order valence-electron chi connectivity index (χ3n) is 5.01. The molecule has 1 N–H and O–H groups in total. The van der Waals surface area contributed by atoms with Crippen molar-refractivity contribution in [3.63, 3.8) is 0 Å². The number of fused-ring (bicyclic) bond motifs is 1. The highest BCUT2D eigenvalue weighted by Crippen LogP contribution is 2.37. The number of nitrogens with one attached hydrogen (secondary N) is 1. The maximum atomic E-state index is 12.4. The fourth-order valence-corrected chi connectivity index (χ4v) is 3.93. The summed E-state index contributed by atoms with van der Waals surface area (Å²) in [4.78, 5) is 28.9. The smallest absolute Gasteiger partial charge is 0.285 e. The Labute approximate surface area is 206 Å². The van der Waals surface area contributed by atoms with Crippen molar-refractivity contribution in [3.05, 3.63) is 75.0 Å². The normalized spacial score (nSPS) is 11.1. The molecule has 34 heavy (non-hydrogen) atoms. The van der Waals surface area contributed by atoms with Gasteiger partial charge in [-0.25, -0.2) is 4.98 Å². The number of anilines is 2. The molecule has 2 aromatic carbocycles. The fraction of sp³-hybridized carbons (Fsp3) is 0.208. The van der Waals surface area contributed by atoms with Gasteiger partial charge in [0.15, 0.2) is 5.65 Å². The Hall–Kier alpha value is -3.33. The van der Waals surface area contributed by atoms with Crippen LogP contribution in [0.2, 0.25) is 10.0 Å². The Balaban J connectivity index is 1.76. The molecular formula is C24H23Cl2N5O3. The van der Waals surface area contributed by atoms with Crippen LogP contribution in [0.15, 0.2) is 59.4 Å². The van der Waals surface area contributed by atoms with Gasteiger partial charge < -0.3 is 19.8 Å². The van der Waals surface area contributed by atoms with Crippen LogP contribution < -0.4 is 20.5 Å². The van der Waals surface area contributed by atoms with Crippen LogP contribution in [0.1, 0.15) is 0 Å². The molecular weight excluding hydrogens is 477 g/mol. The van der Waals surface area contributed by atoms with E-state index in [4.69, 9.17) is 32.8 Å². The van der Waals surface area contributed by atoms with Gasteiger partial charge in [-0.3, -0.25) is 4.79 Å². The minimum Gasteiger partial charge on any atom is -0.492 e. The predicted molar refractivity (Wildman–Crippen MR) is 136 cm³/mol. The standard InChI is InChI=1S/C24H23Cl2N5O3/c1-30(2)13-14-34-16-9-7-15(8-10-16)27-24-28-22(21-18(25)5-4-6-19(21)26)17-11-12-20(32)31(33-3)23(17)29-24/h4-12H,13-14H2,1-3H3,(H,27,28,29). The third kappa shape index (κ3) is 5.09. The first-order valence-corrected chi connectivity index (χ1v) is 11.2. The van der Waals surface area contributed by atoms with Crippen LogP contribution in [0.25, 0.3) is 22.3 Å². The van der Waals surface area contributed by atoms with Crippen LogP contribution in [0.5, 0.6) is 5.75 Å². The number of aromatic nitrogens is 3. The number of benzene rings is 2. The Morgan fingerprint density at radius 1 is 1.00 bits per heavy atom. The van der Waals surface area contributed by atoms with Gasteiger partial charge in [0, 0.05) is 29.2 Å². The maximum absolute atomic E-state index is 12.4. The molecule has 4 rings (SSSR count). The Bertz CT molecular complexity index is 1350. The second-order valence-corrected chi connectivity index (χ2v) is 8.49. The second kappa shape index (κ2) is 10.3. The SMILES string of the molecule is COn1c(=O)ccc2c(-c3c(Cl)cccc3Cl)nc(Nc3ccc(OCCN(C)C)cc3)nc21. The number of halogens is 2. The average Bonchev–Trinajstić information content (AvgIpc) is 2.80. The van der Waals surface area contributed by atoms with Gasteiger partial charge in [0.1, 0.15) is 19.5 Å². The number of rotatable bonds is 8. The van der Waals surface area contributed by atoms with E-state index in [1.165, 1.54) is 13.2 Å². The predicted octanol–water partition coefficient (Wildman–Crippen LogP) is 4.51. The summed E-state index contributed by atoms with van der Waals surface area (Å²) in [7, 11) is 5.38. The van der Waals surface area contributed by atoms with Crippen molar-refractivity contribution in [2.45, 2.75) is 0 Å². The lowest BCUT2D eigenvalue weighted by molar-refractivity contribution is 0.167. The van der Waals surface area contributed by atoms with Crippen LogP contribution in [0.4, 0.5) is 11.6 Å². The lowest BCUT2D eigenvalue weighted by Crippen LogP contribution is -2.25. The summed E-state index contributed by atoms with van der Waals surface area (Å²) in [5.74, 6) is 1.000. The van der Waals surface area contributed by atoms with Gasteiger partial charge in [-0.15, -0.1) is 4.73 Å². The Morgan fingerprint density at radius 2 is 1.71 bits per heavy atom. The number of likely N-dealkylation sites (N-methyl/N-ethyl adjacent to an activating group) is 1. The average molecular weight is 500 g/mol. The van der Waals surface area contributed by atoms with Crippen molar-refractivity contribution in [3.8, 4) is 17.0 Å². The molecule has 2 heterocycles. The topological polar surface area (TPSA) is 81.5 Å². The first-order valence-electron chi connectivity index (χ1n) is 10.4. The van der Waals surface area contributed by atoms with Gasteiger partial charge >= 0.3 is 0 Å². The summed E-state index contributed by atoms with van der Waals surface area (Å²) in [6, 6.07) is 15.6. The summed E-state index contributed by atoms with van der Waals surface area (Å²) in [5, 5.41) is 4.58. The van der Waals surface area contributed by atoms with Crippen LogP contribution in [-0.2, 0) is 0 Å². The quantitative estimate of drug-likeness (QED) is 0.381. The zero-order chi connectivity index (χ0) is 24.2. The molecule has 0 unspecified atom stereocenters. The van der Waals surface area contributed by atoms with Gasteiger partial charge in [0.2, 0.25) is 5.95 Å². The van der Waals surface area contributed by atoms with Gasteiger partial charge in [0.25, 0.3) is 5.56 Å². The highest BCUT2D eigenvalue weighted by Gasteiger charge is 2.18. The first-order chi connectivity index (χ1) is 16.4. The van der Waals surface area contributed by atoms with Crippen molar-refractivity contribution < 1.29 is 9.57 Å². The number of nitrogens with zero attached hydrogens (tertiary/aromatic N) is 4. The monoisotopic (exact) mass is 499 g/mol. The number of ether oxygens (including phenoxy) is 1. The molecule has 0 aliphatic rings. The van der Waals surface area contributed by atoms with Crippen LogP contribution >= 0.6 is 23.2 Å². The van der Waals surface area contributed by atoms with Crippen LogP contribution in [0, 0.1) is 0 Å². The zero-order valence-electron chi connectivity index (χ0n) is 18.9. The molecule has 4 aromatic rings. The first kappa shape index (κ1) is 23.8. The van der Waals surface area contributed by atoms with E-state index in [1.807, 2.05) is 38.4 Å². The number of hydrogen-bond donors (Lipinski definition) is 1.